The molecule has 0 amide bonds. The summed E-state index contributed by atoms with van der Waals surface area (Å²) in [4.78, 5) is 10.9. The minimum Gasteiger partial charge on any atom is -0.475 e. The van der Waals surface area contributed by atoms with E-state index in [1.807, 2.05) is 19.1 Å². The summed E-state index contributed by atoms with van der Waals surface area (Å²) < 4.78 is 6.16. The quantitative estimate of drug-likeness (QED) is 0.742. The molecule has 20 heavy (non-hydrogen) atoms. The van der Waals surface area contributed by atoms with Crippen LogP contribution >= 0.6 is 23.1 Å². The molecule has 3 rings (SSSR count). The highest BCUT2D eigenvalue weighted by molar-refractivity contribution is 8.00. The Bertz CT molecular complexity index is 779. The van der Waals surface area contributed by atoms with E-state index in [4.69, 9.17) is 9.52 Å². The van der Waals surface area contributed by atoms with E-state index in [1.54, 1.807) is 35.2 Å². The first kappa shape index (κ1) is 13.1. The van der Waals surface area contributed by atoms with Gasteiger partial charge in [0, 0.05) is 11.1 Å². The first-order chi connectivity index (χ1) is 9.61. The highest BCUT2D eigenvalue weighted by Gasteiger charge is 2.11. The number of aryl methyl sites for hydroxylation is 1. The number of carboxylic acids is 1. The average Bonchev–Trinajstić information content (AvgIpc) is 3.01. The monoisotopic (exact) mass is 306 g/mol. The molecule has 0 radical (unpaired) electrons. The Kier molecular flexibility index (Phi) is 3.45. The molecule has 0 spiro atoms. The molecule has 0 fully saturated rings. The van der Waals surface area contributed by atoms with Crippen LogP contribution in [0, 0.1) is 6.92 Å². The lowest BCUT2D eigenvalue weighted by molar-refractivity contribution is 0.0665. The molecule has 3 aromatic rings. The maximum Gasteiger partial charge on any atom is 0.371 e. The van der Waals surface area contributed by atoms with Gasteiger partial charge < -0.3 is 9.52 Å². The summed E-state index contributed by atoms with van der Waals surface area (Å²) in [5, 5.41) is 18.7. The Balaban J connectivity index is 1.80. The third-order valence-corrected chi connectivity index (χ3v) is 4.70. The number of furan rings is 1. The number of rotatable bonds is 4. The van der Waals surface area contributed by atoms with E-state index in [0.717, 1.165) is 26.0 Å². The molecule has 0 bridgehead atoms. The van der Waals surface area contributed by atoms with Gasteiger partial charge in [0.1, 0.15) is 10.6 Å². The number of aromatic nitrogens is 2. The molecule has 2 aromatic heterocycles. The maximum atomic E-state index is 10.9. The third kappa shape index (κ3) is 2.68. The number of carbonyl (C=O) groups is 1. The second kappa shape index (κ2) is 5.26. The van der Waals surface area contributed by atoms with Crippen LogP contribution in [0.5, 0.6) is 0 Å². The van der Waals surface area contributed by atoms with Crippen LogP contribution in [-0.4, -0.2) is 21.3 Å². The number of aromatic carboxylic acids is 1. The van der Waals surface area contributed by atoms with Gasteiger partial charge >= 0.3 is 5.97 Å². The molecule has 7 heteroatoms. The van der Waals surface area contributed by atoms with Crippen LogP contribution in [-0.2, 0) is 5.75 Å². The Hall–Kier alpha value is -1.86. The van der Waals surface area contributed by atoms with Crippen molar-refractivity contribution in [3.8, 4) is 0 Å². The molecule has 0 saturated heterocycles. The van der Waals surface area contributed by atoms with Crippen molar-refractivity contribution in [1.29, 1.82) is 0 Å². The second-order valence-corrected chi connectivity index (χ2v) is 6.57. The topological polar surface area (TPSA) is 76.2 Å². The van der Waals surface area contributed by atoms with Crippen molar-refractivity contribution in [3.05, 3.63) is 40.6 Å². The zero-order chi connectivity index (χ0) is 14.1. The van der Waals surface area contributed by atoms with Gasteiger partial charge in [-0.05, 0) is 30.7 Å². The zero-order valence-corrected chi connectivity index (χ0v) is 12.1. The molecule has 0 aliphatic heterocycles. The molecule has 2 heterocycles. The molecular weight excluding hydrogens is 296 g/mol. The Morgan fingerprint density at radius 2 is 2.25 bits per heavy atom. The van der Waals surface area contributed by atoms with Crippen LogP contribution in [0.3, 0.4) is 0 Å². The van der Waals surface area contributed by atoms with Crippen molar-refractivity contribution in [3.63, 3.8) is 0 Å². The van der Waals surface area contributed by atoms with Crippen LogP contribution in [0.25, 0.3) is 11.0 Å². The highest BCUT2D eigenvalue weighted by Crippen LogP contribution is 2.28. The van der Waals surface area contributed by atoms with Gasteiger partial charge in [-0.1, -0.05) is 29.2 Å². The van der Waals surface area contributed by atoms with Crippen LogP contribution in [0.1, 0.15) is 21.1 Å². The van der Waals surface area contributed by atoms with Gasteiger partial charge in [-0.25, -0.2) is 4.79 Å². The number of benzene rings is 1. The highest BCUT2D eigenvalue weighted by atomic mass is 32.2. The van der Waals surface area contributed by atoms with E-state index in [1.165, 1.54) is 0 Å². The SMILES string of the molecule is Cc1nnc(SCc2ccc3oc(C(=O)O)cc3c2)s1. The van der Waals surface area contributed by atoms with Crippen molar-refractivity contribution >= 4 is 40.0 Å². The van der Waals surface area contributed by atoms with Gasteiger partial charge in [0.05, 0.1) is 0 Å². The Morgan fingerprint density at radius 3 is 2.95 bits per heavy atom. The summed E-state index contributed by atoms with van der Waals surface area (Å²) in [7, 11) is 0. The zero-order valence-electron chi connectivity index (χ0n) is 10.5. The van der Waals surface area contributed by atoms with E-state index in [0.29, 0.717) is 5.58 Å². The fourth-order valence-electron chi connectivity index (χ4n) is 1.77. The number of hydrogen-bond acceptors (Lipinski definition) is 6. The van der Waals surface area contributed by atoms with Gasteiger partial charge in [0.2, 0.25) is 5.76 Å². The summed E-state index contributed by atoms with van der Waals surface area (Å²) in [6.45, 7) is 1.92. The first-order valence-corrected chi connectivity index (χ1v) is 7.61. The number of carboxylic acid groups (broad SMARTS) is 1. The normalized spacial score (nSPS) is 11.1. The van der Waals surface area contributed by atoms with E-state index in [9.17, 15) is 4.79 Å². The standard InChI is InChI=1S/C13H10N2O3S2/c1-7-14-15-13(20-7)19-6-8-2-3-10-9(4-8)5-11(18-10)12(16)17/h2-5H,6H2,1H3,(H,16,17). The predicted molar refractivity (Wildman–Crippen MR) is 77.4 cm³/mol. The van der Waals surface area contributed by atoms with Crippen LogP contribution in [0.15, 0.2) is 33.0 Å². The van der Waals surface area contributed by atoms with E-state index in [2.05, 4.69) is 10.2 Å². The summed E-state index contributed by atoms with van der Waals surface area (Å²) in [6.07, 6.45) is 0. The number of hydrogen-bond donors (Lipinski definition) is 1. The largest absolute Gasteiger partial charge is 0.475 e. The average molecular weight is 306 g/mol. The van der Waals surface area contributed by atoms with Crippen LogP contribution in [0.4, 0.5) is 0 Å². The summed E-state index contributed by atoms with van der Waals surface area (Å²) in [5.41, 5.74) is 1.68. The van der Waals surface area contributed by atoms with Crippen molar-refractivity contribution < 1.29 is 14.3 Å². The summed E-state index contributed by atoms with van der Waals surface area (Å²) in [5.74, 6) is -0.330. The van der Waals surface area contributed by atoms with Gasteiger partial charge in [0.15, 0.2) is 4.34 Å². The molecule has 1 N–H and O–H groups in total. The van der Waals surface area contributed by atoms with E-state index in [-0.39, 0.29) is 5.76 Å². The molecular formula is C13H10N2O3S2. The number of thioether (sulfide) groups is 1. The van der Waals surface area contributed by atoms with Crippen LogP contribution < -0.4 is 0 Å². The summed E-state index contributed by atoms with van der Waals surface area (Å²) >= 11 is 3.18. The number of nitrogens with zero attached hydrogens (tertiary/aromatic N) is 2. The minimum atomic E-state index is -1.05. The van der Waals surface area contributed by atoms with Crippen molar-refractivity contribution in [2.45, 2.75) is 17.0 Å². The molecule has 5 nitrogen and oxygen atoms in total. The van der Waals surface area contributed by atoms with Gasteiger partial charge in [-0.15, -0.1) is 10.2 Å². The first-order valence-electron chi connectivity index (χ1n) is 5.80. The Morgan fingerprint density at radius 1 is 1.40 bits per heavy atom. The van der Waals surface area contributed by atoms with Crippen molar-refractivity contribution in [1.82, 2.24) is 10.2 Å². The minimum absolute atomic E-state index is 0.0375. The predicted octanol–water partition coefficient (Wildman–Crippen LogP) is 3.58. The fraction of sp³-hybridized carbons (Fsp3) is 0.154. The lowest BCUT2D eigenvalue weighted by Crippen LogP contribution is -1.91. The molecule has 0 aliphatic rings. The van der Waals surface area contributed by atoms with E-state index < -0.39 is 5.97 Å². The lowest BCUT2D eigenvalue weighted by atomic mass is 10.2. The summed E-state index contributed by atoms with van der Waals surface area (Å²) in [6, 6.07) is 7.20. The third-order valence-electron chi connectivity index (χ3n) is 2.66. The van der Waals surface area contributed by atoms with Gasteiger partial charge in [-0.2, -0.15) is 0 Å². The molecule has 0 atom stereocenters. The van der Waals surface area contributed by atoms with E-state index >= 15 is 0 Å². The van der Waals surface area contributed by atoms with Crippen LogP contribution in [0.2, 0.25) is 0 Å². The second-order valence-electron chi connectivity index (χ2n) is 4.16. The molecule has 102 valence electrons. The van der Waals surface area contributed by atoms with Crippen molar-refractivity contribution in [2.75, 3.05) is 0 Å². The molecule has 0 unspecified atom stereocenters. The number of fused-ring (bicyclic) bond motifs is 1. The molecule has 0 aliphatic carbocycles. The van der Waals surface area contributed by atoms with Gasteiger partial charge in [0.25, 0.3) is 0 Å². The van der Waals surface area contributed by atoms with Crippen molar-refractivity contribution in [2.24, 2.45) is 0 Å². The molecule has 0 saturated carbocycles. The van der Waals surface area contributed by atoms with Gasteiger partial charge in [-0.3, -0.25) is 0 Å². The lowest BCUT2D eigenvalue weighted by Gasteiger charge is -1.98. The molecule has 1 aromatic carbocycles. The smallest absolute Gasteiger partial charge is 0.371 e. The maximum absolute atomic E-state index is 10.9. The fourth-order valence-corrected chi connectivity index (χ4v) is 3.53. The Labute approximate surface area is 122 Å².